The molecule has 0 spiro atoms. The summed E-state index contributed by atoms with van der Waals surface area (Å²) in [5.74, 6) is 0.701. The zero-order valence-corrected chi connectivity index (χ0v) is 12.9. The van der Waals surface area contributed by atoms with Crippen LogP contribution in [0.25, 0.3) is 0 Å². The molecule has 0 bridgehead atoms. The maximum Gasteiger partial charge on any atom is 0.221 e. The summed E-state index contributed by atoms with van der Waals surface area (Å²) in [5.41, 5.74) is 1.68. The number of ether oxygens (including phenoxy) is 2. The number of rotatable bonds is 5. The van der Waals surface area contributed by atoms with Gasteiger partial charge in [-0.2, -0.15) is 0 Å². The Labute approximate surface area is 126 Å². The molecule has 21 heavy (non-hydrogen) atoms. The van der Waals surface area contributed by atoms with Crippen molar-refractivity contribution in [3.63, 3.8) is 0 Å². The lowest BCUT2D eigenvalue weighted by molar-refractivity contribution is -0.114. The lowest BCUT2D eigenvalue weighted by atomic mass is 9.92. The fraction of sp³-hybridized carbons (Fsp3) is 0.562. The normalized spacial score (nSPS) is 21.7. The molecule has 2 unspecified atom stereocenters. The van der Waals surface area contributed by atoms with Gasteiger partial charge in [-0.15, -0.1) is 0 Å². The molecule has 5 nitrogen and oxygen atoms in total. The molecular weight excluding hydrogens is 268 g/mol. The summed E-state index contributed by atoms with van der Waals surface area (Å²) in [6.45, 7) is 1.50. The third kappa shape index (κ3) is 4.36. The van der Waals surface area contributed by atoms with Gasteiger partial charge in [-0.25, -0.2) is 0 Å². The highest BCUT2D eigenvalue weighted by Gasteiger charge is 2.22. The Morgan fingerprint density at radius 3 is 2.76 bits per heavy atom. The maximum absolute atomic E-state index is 11.2. The van der Waals surface area contributed by atoms with Crippen LogP contribution in [0.5, 0.6) is 5.75 Å². The Morgan fingerprint density at radius 2 is 2.10 bits per heavy atom. The van der Waals surface area contributed by atoms with Crippen molar-refractivity contribution in [3.8, 4) is 5.75 Å². The molecule has 1 aliphatic rings. The van der Waals surface area contributed by atoms with Crippen LogP contribution in [0, 0.1) is 0 Å². The van der Waals surface area contributed by atoms with Crippen molar-refractivity contribution in [2.24, 2.45) is 0 Å². The van der Waals surface area contributed by atoms with Gasteiger partial charge in [0.05, 0.1) is 18.9 Å². The first-order chi connectivity index (χ1) is 10.1. The highest BCUT2D eigenvalue weighted by Crippen LogP contribution is 2.31. The first-order valence-electron chi connectivity index (χ1n) is 7.37. The maximum atomic E-state index is 11.2. The minimum Gasteiger partial charge on any atom is -0.495 e. The molecule has 1 aliphatic carbocycles. The molecule has 1 saturated carbocycles. The van der Waals surface area contributed by atoms with Crippen LogP contribution in [0.4, 0.5) is 11.4 Å². The van der Waals surface area contributed by atoms with Gasteiger partial charge in [0.1, 0.15) is 5.75 Å². The Bertz CT molecular complexity index is 490. The summed E-state index contributed by atoms with van der Waals surface area (Å²) < 4.78 is 10.9. The molecule has 1 amide bonds. The van der Waals surface area contributed by atoms with Crippen LogP contribution in [-0.2, 0) is 9.53 Å². The SMILES string of the molecule is COc1ccc(NC(C)=O)cc1NC1CCCC(OC)C1. The van der Waals surface area contributed by atoms with Gasteiger partial charge in [0, 0.05) is 25.8 Å². The number of amides is 1. The predicted octanol–water partition coefficient (Wildman–Crippen LogP) is 3.02. The van der Waals surface area contributed by atoms with Crippen molar-refractivity contribution in [3.05, 3.63) is 18.2 Å². The van der Waals surface area contributed by atoms with E-state index in [-0.39, 0.29) is 5.91 Å². The zero-order chi connectivity index (χ0) is 15.2. The third-order valence-corrected chi connectivity index (χ3v) is 3.84. The molecule has 0 radical (unpaired) electrons. The van der Waals surface area contributed by atoms with Crippen LogP contribution in [-0.4, -0.2) is 32.3 Å². The average Bonchev–Trinajstić information content (AvgIpc) is 2.47. The number of carbonyl (C=O) groups is 1. The molecule has 5 heteroatoms. The van der Waals surface area contributed by atoms with Gasteiger partial charge < -0.3 is 20.1 Å². The number of benzene rings is 1. The van der Waals surface area contributed by atoms with Crippen molar-refractivity contribution in [1.82, 2.24) is 0 Å². The molecule has 116 valence electrons. The van der Waals surface area contributed by atoms with Gasteiger partial charge in [-0.05, 0) is 43.9 Å². The molecule has 2 N–H and O–H groups in total. The Kier molecular flexibility index (Phi) is 5.44. The highest BCUT2D eigenvalue weighted by atomic mass is 16.5. The number of hydrogen-bond donors (Lipinski definition) is 2. The summed E-state index contributed by atoms with van der Waals surface area (Å²) in [7, 11) is 3.42. The van der Waals surface area contributed by atoms with Crippen molar-refractivity contribution < 1.29 is 14.3 Å². The van der Waals surface area contributed by atoms with Crippen molar-refractivity contribution in [1.29, 1.82) is 0 Å². The molecular formula is C16H24N2O3. The minimum atomic E-state index is -0.0803. The van der Waals surface area contributed by atoms with Gasteiger partial charge in [-0.1, -0.05) is 0 Å². The quantitative estimate of drug-likeness (QED) is 0.876. The summed E-state index contributed by atoms with van der Waals surface area (Å²) >= 11 is 0. The van der Waals surface area contributed by atoms with E-state index >= 15 is 0 Å². The Balaban J connectivity index is 2.11. The van der Waals surface area contributed by atoms with E-state index in [2.05, 4.69) is 10.6 Å². The Morgan fingerprint density at radius 1 is 1.29 bits per heavy atom. The van der Waals surface area contributed by atoms with Crippen LogP contribution in [0.2, 0.25) is 0 Å². The van der Waals surface area contributed by atoms with E-state index in [4.69, 9.17) is 9.47 Å². The lowest BCUT2D eigenvalue weighted by Crippen LogP contribution is -2.31. The summed E-state index contributed by atoms with van der Waals surface area (Å²) in [6.07, 6.45) is 4.71. The molecule has 2 rings (SSSR count). The van der Waals surface area contributed by atoms with Crippen LogP contribution in [0.15, 0.2) is 18.2 Å². The lowest BCUT2D eigenvalue weighted by Gasteiger charge is -2.30. The van der Waals surface area contributed by atoms with Crippen molar-refractivity contribution in [2.75, 3.05) is 24.9 Å². The van der Waals surface area contributed by atoms with E-state index in [1.54, 1.807) is 14.2 Å². The van der Waals surface area contributed by atoms with Gasteiger partial charge in [-0.3, -0.25) is 4.79 Å². The molecule has 0 aromatic heterocycles. The topological polar surface area (TPSA) is 59.6 Å². The molecule has 0 saturated heterocycles. The smallest absolute Gasteiger partial charge is 0.221 e. The van der Waals surface area contributed by atoms with Gasteiger partial charge in [0.15, 0.2) is 0 Å². The van der Waals surface area contributed by atoms with E-state index in [0.717, 1.165) is 42.8 Å². The number of methoxy groups -OCH3 is 2. The van der Waals surface area contributed by atoms with Gasteiger partial charge in [0.25, 0.3) is 0 Å². The molecule has 1 fully saturated rings. The Hall–Kier alpha value is -1.75. The number of hydrogen-bond acceptors (Lipinski definition) is 4. The van der Waals surface area contributed by atoms with Crippen LogP contribution >= 0.6 is 0 Å². The largest absolute Gasteiger partial charge is 0.495 e. The third-order valence-electron chi connectivity index (χ3n) is 3.84. The minimum absolute atomic E-state index is 0.0803. The standard InChI is InChI=1S/C16H24N2O3/c1-11(19)17-13-7-8-16(21-3)15(10-13)18-12-5-4-6-14(9-12)20-2/h7-8,10,12,14,18H,4-6,9H2,1-3H3,(H,17,19). The molecule has 1 aromatic carbocycles. The fourth-order valence-electron chi connectivity index (χ4n) is 2.81. The molecule has 0 aliphatic heterocycles. The van der Waals surface area contributed by atoms with E-state index in [0.29, 0.717) is 12.1 Å². The summed E-state index contributed by atoms with van der Waals surface area (Å²) in [6, 6.07) is 5.98. The molecule has 1 aromatic rings. The van der Waals surface area contributed by atoms with Gasteiger partial charge in [0.2, 0.25) is 5.91 Å². The summed E-state index contributed by atoms with van der Waals surface area (Å²) in [4.78, 5) is 11.2. The number of nitrogens with one attached hydrogen (secondary N) is 2. The monoisotopic (exact) mass is 292 g/mol. The zero-order valence-electron chi connectivity index (χ0n) is 12.9. The second-order valence-electron chi connectivity index (χ2n) is 5.46. The highest BCUT2D eigenvalue weighted by molar-refractivity contribution is 5.89. The van der Waals surface area contributed by atoms with Crippen molar-refractivity contribution in [2.45, 2.75) is 44.8 Å². The average molecular weight is 292 g/mol. The second kappa shape index (κ2) is 7.31. The first-order valence-corrected chi connectivity index (χ1v) is 7.37. The summed E-state index contributed by atoms with van der Waals surface area (Å²) in [5, 5.41) is 6.32. The van der Waals surface area contributed by atoms with Crippen LogP contribution in [0.1, 0.15) is 32.6 Å². The molecule has 0 heterocycles. The van der Waals surface area contributed by atoms with Crippen LogP contribution in [0.3, 0.4) is 0 Å². The first kappa shape index (κ1) is 15.6. The predicted molar refractivity (Wildman–Crippen MR) is 84.0 cm³/mol. The van der Waals surface area contributed by atoms with E-state index < -0.39 is 0 Å². The fourth-order valence-corrected chi connectivity index (χ4v) is 2.81. The van der Waals surface area contributed by atoms with E-state index in [1.807, 2.05) is 18.2 Å². The molecule has 2 atom stereocenters. The second-order valence-corrected chi connectivity index (χ2v) is 5.46. The van der Waals surface area contributed by atoms with E-state index in [9.17, 15) is 4.79 Å². The van der Waals surface area contributed by atoms with Gasteiger partial charge >= 0.3 is 0 Å². The number of anilines is 2. The number of carbonyl (C=O) groups excluding carboxylic acids is 1. The van der Waals surface area contributed by atoms with Crippen molar-refractivity contribution >= 4 is 17.3 Å². The van der Waals surface area contributed by atoms with Crippen LogP contribution < -0.4 is 15.4 Å². The van der Waals surface area contributed by atoms with E-state index in [1.165, 1.54) is 6.92 Å².